The lowest BCUT2D eigenvalue weighted by molar-refractivity contribution is 0.757. The van der Waals surface area contributed by atoms with Gasteiger partial charge in [0.15, 0.2) is 8.24 Å². The number of benzene rings is 1. The summed E-state index contributed by atoms with van der Waals surface area (Å²) in [7, 11) is -1.37. The fourth-order valence-corrected chi connectivity index (χ4v) is 3.57. The van der Waals surface area contributed by atoms with Crippen molar-refractivity contribution < 1.29 is 0 Å². The number of nitrogens with one attached hydrogen (secondary N) is 1. The van der Waals surface area contributed by atoms with Crippen LogP contribution < -0.4 is 10.2 Å². The average Bonchev–Trinajstić information content (AvgIpc) is 2.19. The van der Waals surface area contributed by atoms with Gasteiger partial charge in [0.25, 0.3) is 0 Å². The van der Waals surface area contributed by atoms with Gasteiger partial charge < -0.3 is 4.98 Å². The Kier molecular flexibility index (Phi) is 4.36. The minimum atomic E-state index is -1.37. The summed E-state index contributed by atoms with van der Waals surface area (Å²) >= 11 is 0. The molecule has 2 heteroatoms. The zero-order valence-corrected chi connectivity index (χ0v) is 10.5. The second-order valence-electron chi connectivity index (χ2n) is 4.27. The van der Waals surface area contributed by atoms with Gasteiger partial charge in [-0.05, 0) is 18.2 Å². The molecule has 0 saturated carbocycles. The molecule has 14 heavy (non-hydrogen) atoms. The Hall–Kier alpha value is -0.603. The monoisotopic (exact) mass is 207 g/mol. The van der Waals surface area contributed by atoms with E-state index in [-0.39, 0.29) is 0 Å². The first kappa shape index (κ1) is 11.5. The van der Waals surface area contributed by atoms with Crippen molar-refractivity contribution in [2.75, 3.05) is 6.54 Å². The maximum absolute atomic E-state index is 3.72. The second kappa shape index (κ2) is 5.32. The molecule has 78 valence electrons. The third-order valence-electron chi connectivity index (χ3n) is 2.59. The molecule has 0 aliphatic carbocycles. The van der Waals surface area contributed by atoms with Crippen molar-refractivity contribution in [1.29, 1.82) is 0 Å². The van der Waals surface area contributed by atoms with Crippen molar-refractivity contribution in [2.45, 2.75) is 32.9 Å². The molecule has 0 atom stereocenters. The van der Waals surface area contributed by atoms with Gasteiger partial charge in [0.2, 0.25) is 0 Å². The lowest BCUT2D eigenvalue weighted by Gasteiger charge is -2.24. The molecule has 0 spiro atoms. The summed E-state index contributed by atoms with van der Waals surface area (Å²) in [6, 6.07) is 10.8. The van der Waals surface area contributed by atoms with Gasteiger partial charge in [0.1, 0.15) is 0 Å². The van der Waals surface area contributed by atoms with Gasteiger partial charge in [-0.25, -0.2) is 0 Å². The maximum Gasteiger partial charge on any atom is 0.151 e. The number of unbranched alkanes of at least 4 members (excludes halogenated alkanes) is 1. The Bertz CT molecular complexity index is 256. The first-order valence-corrected chi connectivity index (χ1v) is 8.47. The fraction of sp³-hybridized carbons (Fsp3) is 0.500. The zero-order chi connectivity index (χ0) is 10.4. The Morgan fingerprint density at radius 2 is 1.79 bits per heavy atom. The zero-order valence-electron chi connectivity index (χ0n) is 9.51. The Labute approximate surface area is 88.6 Å². The highest BCUT2D eigenvalue weighted by molar-refractivity contribution is 6.87. The predicted octanol–water partition coefficient (Wildman–Crippen LogP) is 2.49. The summed E-state index contributed by atoms with van der Waals surface area (Å²) in [4.78, 5) is 3.72. The van der Waals surface area contributed by atoms with E-state index < -0.39 is 8.24 Å². The molecule has 0 unspecified atom stereocenters. The summed E-state index contributed by atoms with van der Waals surface area (Å²) < 4.78 is 0. The van der Waals surface area contributed by atoms with Crippen LogP contribution in [0, 0.1) is 0 Å². The molecule has 0 saturated heterocycles. The highest BCUT2D eigenvalue weighted by Crippen LogP contribution is 1.99. The summed E-state index contributed by atoms with van der Waals surface area (Å²) in [6.07, 6.45) is 2.55. The summed E-state index contributed by atoms with van der Waals surface area (Å²) in [5, 5.41) is 1.50. The molecule has 0 bridgehead atoms. The Morgan fingerprint density at radius 3 is 2.36 bits per heavy atom. The van der Waals surface area contributed by atoms with Crippen LogP contribution in [0.25, 0.3) is 0 Å². The summed E-state index contributed by atoms with van der Waals surface area (Å²) in [5.74, 6) is 0. The molecule has 0 heterocycles. The van der Waals surface area contributed by atoms with Crippen molar-refractivity contribution in [3.8, 4) is 0 Å². The van der Waals surface area contributed by atoms with Crippen molar-refractivity contribution in [2.24, 2.45) is 0 Å². The third-order valence-corrected chi connectivity index (χ3v) is 5.50. The van der Waals surface area contributed by atoms with Crippen LogP contribution in [0.4, 0.5) is 0 Å². The molecule has 0 fully saturated rings. The average molecular weight is 207 g/mol. The molecule has 1 aromatic rings. The number of hydrogen-bond donors (Lipinski definition) is 1. The topological polar surface area (TPSA) is 12.0 Å². The van der Waals surface area contributed by atoms with Crippen LogP contribution in [0.5, 0.6) is 0 Å². The van der Waals surface area contributed by atoms with Crippen molar-refractivity contribution in [3.05, 3.63) is 30.3 Å². The molecule has 0 radical (unpaired) electrons. The minimum absolute atomic E-state index is 1.16. The summed E-state index contributed by atoms with van der Waals surface area (Å²) in [6.45, 7) is 8.14. The van der Waals surface area contributed by atoms with Crippen LogP contribution in [0.2, 0.25) is 13.1 Å². The predicted molar refractivity (Wildman–Crippen MR) is 66.5 cm³/mol. The molecule has 1 rings (SSSR count). The van der Waals surface area contributed by atoms with E-state index in [0.717, 1.165) is 6.54 Å². The van der Waals surface area contributed by atoms with Crippen LogP contribution in [-0.2, 0) is 0 Å². The molecule has 1 nitrogen and oxygen atoms in total. The van der Waals surface area contributed by atoms with Gasteiger partial charge >= 0.3 is 0 Å². The maximum atomic E-state index is 3.72. The molecular weight excluding hydrogens is 186 g/mol. The first-order chi connectivity index (χ1) is 6.67. The van der Waals surface area contributed by atoms with E-state index in [1.54, 1.807) is 0 Å². The standard InChI is InChI=1S/C12H21NSi/c1-4-5-11-13-14(2,3)12-9-7-6-8-10-12/h6-10,13H,4-5,11H2,1-3H3. The Balaban J connectivity index is 2.56. The fourth-order valence-electron chi connectivity index (χ4n) is 1.53. The highest BCUT2D eigenvalue weighted by Gasteiger charge is 2.21. The lowest BCUT2D eigenvalue weighted by Crippen LogP contribution is -2.55. The number of hydrogen-bond acceptors (Lipinski definition) is 1. The van der Waals surface area contributed by atoms with Gasteiger partial charge in [0, 0.05) is 0 Å². The first-order valence-electron chi connectivity index (χ1n) is 5.47. The number of rotatable bonds is 5. The molecule has 0 aromatic heterocycles. The molecule has 0 amide bonds. The van der Waals surface area contributed by atoms with E-state index >= 15 is 0 Å². The van der Waals surface area contributed by atoms with Gasteiger partial charge in [0.05, 0.1) is 0 Å². The SMILES string of the molecule is CCCCN[Si](C)(C)c1ccccc1. The quantitative estimate of drug-likeness (QED) is 0.578. The smallest absolute Gasteiger partial charge is 0.151 e. The third kappa shape index (κ3) is 3.27. The summed E-state index contributed by atoms with van der Waals surface area (Å²) in [5.41, 5.74) is 0. The van der Waals surface area contributed by atoms with Crippen molar-refractivity contribution >= 4 is 13.4 Å². The van der Waals surface area contributed by atoms with Gasteiger partial charge in [-0.3, -0.25) is 0 Å². The van der Waals surface area contributed by atoms with Crippen molar-refractivity contribution in [3.63, 3.8) is 0 Å². The lowest BCUT2D eigenvalue weighted by atomic mass is 10.3. The molecule has 1 N–H and O–H groups in total. The Morgan fingerprint density at radius 1 is 1.14 bits per heavy atom. The van der Waals surface area contributed by atoms with E-state index in [2.05, 4.69) is 55.3 Å². The normalized spacial score (nSPS) is 11.6. The van der Waals surface area contributed by atoms with E-state index in [0.29, 0.717) is 0 Å². The largest absolute Gasteiger partial charge is 0.334 e. The molecule has 0 aliphatic heterocycles. The molecule has 1 aromatic carbocycles. The van der Waals surface area contributed by atoms with E-state index in [4.69, 9.17) is 0 Å². The van der Waals surface area contributed by atoms with Crippen LogP contribution in [0.15, 0.2) is 30.3 Å². The van der Waals surface area contributed by atoms with Crippen LogP contribution >= 0.6 is 0 Å². The van der Waals surface area contributed by atoms with Gasteiger partial charge in [-0.15, -0.1) is 0 Å². The van der Waals surface area contributed by atoms with Crippen LogP contribution in [-0.4, -0.2) is 14.8 Å². The van der Waals surface area contributed by atoms with E-state index in [1.165, 1.54) is 18.0 Å². The van der Waals surface area contributed by atoms with E-state index in [9.17, 15) is 0 Å². The van der Waals surface area contributed by atoms with E-state index in [1.807, 2.05) is 0 Å². The highest BCUT2D eigenvalue weighted by atomic mass is 28.3. The van der Waals surface area contributed by atoms with Crippen LogP contribution in [0.3, 0.4) is 0 Å². The van der Waals surface area contributed by atoms with Gasteiger partial charge in [-0.1, -0.05) is 56.8 Å². The molecule has 0 aliphatic rings. The molecular formula is C12H21NSi. The van der Waals surface area contributed by atoms with Gasteiger partial charge in [-0.2, -0.15) is 0 Å². The second-order valence-corrected chi connectivity index (χ2v) is 8.45. The minimum Gasteiger partial charge on any atom is -0.334 e. The van der Waals surface area contributed by atoms with Crippen LogP contribution in [0.1, 0.15) is 19.8 Å². The van der Waals surface area contributed by atoms with Crippen molar-refractivity contribution in [1.82, 2.24) is 4.98 Å².